The van der Waals surface area contributed by atoms with Crippen molar-refractivity contribution >= 4 is 60.6 Å². The number of para-hydroxylation sites is 1. The molecule has 2 N–H and O–H groups in total. The molecule has 0 aromatic heterocycles. The first-order valence-electron chi connectivity index (χ1n) is 10.4. The molecular formula is C24H22BrN3O4S2. The number of thiocarbonyl (C=S) groups is 1. The van der Waals surface area contributed by atoms with Gasteiger partial charge in [-0.3, -0.25) is 14.4 Å². The monoisotopic (exact) mass is 559 g/mol. The highest BCUT2D eigenvalue weighted by Crippen LogP contribution is 2.33. The minimum absolute atomic E-state index is 0.0839. The second-order valence-electron chi connectivity index (χ2n) is 7.71. The van der Waals surface area contributed by atoms with Crippen LogP contribution in [0.3, 0.4) is 0 Å². The number of ether oxygens (including phenoxy) is 1. The Labute approximate surface area is 212 Å². The molecule has 0 fully saturated rings. The molecule has 0 unspecified atom stereocenters. The third-order valence-electron chi connectivity index (χ3n) is 5.24. The molecule has 7 nitrogen and oxygen atoms in total. The van der Waals surface area contributed by atoms with Crippen LogP contribution >= 0.6 is 28.1 Å². The summed E-state index contributed by atoms with van der Waals surface area (Å²) < 4.78 is 33.9. The first kappa shape index (κ1) is 24.2. The highest BCUT2D eigenvalue weighted by Gasteiger charge is 2.30. The summed E-state index contributed by atoms with van der Waals surface area (Å²) >= 11 is 8.59. The molecular weight excluding hydrogens is 538 g/mol. The number of carbonyl (C=O) groups is 1. The Morgan fingerprint density at radius 3 is 2.59 bits per heavy atom. The molecule has 4 rings (SSSR count). The molecule has 3 aromatic carbocycles. The largest absolute Gasteiger partial charge is 0.483 e. The Hall–Kier alpha value is -2.95. The van der Waals surface area contributed by atoms with Gasteiger partial charge >= 0.3 is 0 Å². The lowest BCUT2D eigenvalue weighted by atomic mass is 10.2. The van der Waals surface area contributed by atoms with Crippen LogP contribution in [0.5, 0.6) is 5.75 Å². The van der Waals surface area contributed by atoms with E-state index in [9.17, 15) is 13.2 Å². The summed E-state index contributed by atoms with van der Waals surface area (Å²) in [6.07, 6.45) is 0.688. The Balaban J connectivity index is 1.33. The number of aryl methyl sites for hydroxylation is 1. The minimum atomic E-state index is -3.67. The smallest absolute Gasteiger partial charge is 0.264 e. The van der Waals surface area contributed by atoms with Crippen LogP contribution in [0.15, 0.2) is 76.1 Å². The molecule has 0 saturated heterocycles. The SMILES string of the molecule is Cc1ccc(OCC(=O)NC(=S)Nc2ccc(S(=O)(=O)N3CCc4ccccc43)cc2)c(Br)c1. The van der Waals surface area contributed by atoms with Gasteiger partial charge in [-0.05, 0) is 95.1 Å². The van der Waals surface area contributed by atoms with Gasteiger partial charge in [0.2, 0.25) is 0 Å². The Bertz CT molecular complexity index is 1340. The van der Waals surface area contributed by atoms with Gasteiger partial charge in [0.1, 0.15) is 5.75 Å². The van der Waals surface area contributed by atoms with Gasteiger partial charge in [-0.15, -0.1) is 0 Å². The summed E-state index contributed by atoms with van der Waals surface area (Å²) in [4.78, 5) is 12.3. The second-order valence-corrected chi connectivity index (χ2v) is 10.8. The first-order chi connectivity index (χ1) is 16.2. The normalized spacial score (nSPS) is 12.7. The summed E-state index contributed by atoms with van der Waals surface area (Å²) in [5, 5.41) is 5.51. The number of anilines is 2. The number of hydrogen-bond donors (Lipinski definition) is 2. The summed E-state index contributed by atoms with van der Waals surface area (Å²) in [6, 6.07) is 19.3. The zero-order valence-electron chi connectivity index (χ0n) is 18.2. The van der Waals surface area contributed by atoms with E-state index in [1.807, 2.05) is 43.3 Å². The van der Waals surface area contributed by atoms with E-state index < -0.39 is 15.9 Å². The van der Waals surface area contributed by atoms with Crippen LogP contribution in [0.4, 0.5) is 11.4 Å². The van der Waals surface area contributed by atoms with Gasteiger partial charge in [-0.1, -0.05) is 24.3 Å². The number of fused-ring (bicyclic) bond motifs is 1. The van der Waals surface area contributed by atoms with Crippen LogP contribution in [0.1, 0.15) is 11.1 Å². The Kier molecular flexibility index (Phi) is 7.20. The van der Waals surface area contributed by atoms with E-state index in [1.54, 1.807) is 18.2 Å². The molecule has 3 aromatic rings. The molecule has 0 bridgehead atoms. The highest BCUT2D eigenvalue weighted by atomic mass is 79.9. The second kappa shape index (κ2) is 10.1. The third-order valence-corrected chi connectivity index (χ3v) is 7.90. The molecule has 0 saturated carbocycles. The van der Waals surface area contributed by atoms with Gasteiger partial charge in [0.15, 0.2) is 11.7 Å². The molecule has 1 aliphatic rings. The van der Waals surface area contributed by atoms with Crippen LogP contribution in [-0.4, -0.2) is 32.6 Å². The van der Waals surface area contributed by atoms with Crippen molar-refractivity contribution in [2.45, 2.75) is 18.2 Å². The minimum Gasteiger partial charge on any atom is -0.483 e. The van der Waals surface area contributed by atoms with Gasteiger partial charge in [0, 0.05) is 12.2 Å². The molecule has 0 spiro atoms. The lowest BCUT2D eigenvalue weighted by Gasteiger charge is -2.19. The van der Waals surface area contributed by atoms with Gasteiger partial charge in [-0.2, -0.15) is 0 Å². The molecule has 0 radical (unpaired) electrons. The predicted octanol–water partition coefficient (Wildman–Crippen LogP) is 4.40. The van der Waals surface area contributed by atoms with Crippen molar-refractivity contribution < 1.29 is 17.9 Å². The lowest BCUT2D eigenvalue weighted by Crippen LogP contribution is -2.37. The van der Waals surface area contributed by atoms with Crippen LogP contribution < -0.4 is 19.7 Å². The van der Waals surface area contributed by atoms with Gasteiger partial charge in [0.05, 0.1) is 15.1 Å². The van der Waals surface area contributed by atoms with Crippen LogP contribution in [-0.2, 0) is 21.2 Å². The average Bonchev–Trinajstić information content (AvgIpc) is 3.24. The number of carbonyl (C=O) groups excluding carboxylic acids is 1. The van der Waals surface area contributed by atoms with E-state index in [-0.39, 0.29) is 16.6 Å². The van der Waals surface area contributed by atoms with Crippen LogP contribution in [0, 0.1) is 6.92 Å². The molecule has 10 heteroatoms. The number of hydrogen-bond acceptors (Lipinski definition) is 5. The van der Waals surface area contributed by atoms with Gasteiger partial charge in [-0.25, -0.2) is 8.42 Å². The van der Waals surface area contributed by atoms with Gasteiger partial charge in [0.25, 0.3) is 15.9 Å². The van der Waals surface area contributed by atoms with Crippen molar-refractivity contribution in [2.24, 2.45) is 0 Å². The highest BCUT2D eigenvalue weighted by molar-refractivity contribution is 9.10. The van der Waals surface area contributed by atoms with Gasteiger partial charge < -0.3 is 10.1 Å². The number of rotatable bonds is 6. The molecule has 1 aliphatic heterocycles. The van der Waals surface area contributed by atoms with E-state index in [2.05, 4.69) is 26.6 Å². The maximum Gasteiger partial charge on any atom is 0.264 e. The number of sulfonamides is 1. The number of nitrogens with zero attached hydrogens (tertiary/aromatic N) is 1. The van der Waals surface area contributed by atoms with Crippen molar-refractivity contribution in [3.8, 4) is 5.75 Å². The number of nitrogens with one attached hydrogen (secondary N) is 2. The fourth-order valence-corrected chi connectivity index (χ4v) is 5.93. The Morgan fingerprint density at radius 2 is 1.85 bits per heavy atom. The van der Waals surface area contributed by atoms with E-state index in [0.717, 1.165) is 15.6 Å². The molecule has 0 atom stereocenters. The van der Waals surface area contributed by atoms with Crippen molar-refractivity contribution in [1.82, 2.24) is 5.32 Å². The summed E-state index contributed by atoms with van der Waals surface area (Å²) in [5.41, 5.74) is 3.35. The zero-order valence-corrected chi connectivity index (χ0v) is 21.5. The topological polar surface area (TPSA) is 87.7 Å². The lowest BCUT2D eigenvalue weighted by molar-refractivity contribution is -0.121. The summed E-state index contributed by atoms with van der Waals surface area (Å²) in [7, 11) is -3.67. The maximum atomic E-state index is 13.1. The fraction of sp³-hybridized carbons (Fsp3) is 0.167. The first-order valence-corrected chi connectivity index (χ1v) is 13.1. The van der Waals surface area contributed by atoms with E-state index in [4.69, 9.17) is 17.0 Å². The maximum absolute atomic E-state index is 13.1. The van der Waals surface area contributed by atoms with Crippen LogP contribution in [0.2, 0.25) is 0 Å². The molecule has 34 heavy (non-hydrogen) atoms. The van der Waals surface area contributed by atoms with E-state index in [0.29, 0.717) is 30.1 Å². The van der Waals surface area contributed by atoms with Crippen molar-refractivity contribution in [3.63, 3.8) is 0 Å². The van der Waals surface area contributed by atoms with E-state index >= 15 is 0 Å². The standard InChI is InChI=1S/C24H22BrN3O4S2/c1-16-6-11-22(20(25)14-16)32-15-23(29)27-24(33)26-18-7-9-19(10-8-18)34(30,31)28-13-12-17-4-2-3-5-21(17)28/h2-11,14H,12-13,15H2,1H3,(H2,26,27,29,33). The third kappa shape index (κ3) is 5.40. The number of amides is 1. The van der Waals surface area contributed by atoms with Crippen LogP contribution in [0.25, 0.3) is 0 Å². The Morgan fingerprint density at radius 1 is 1.12 bits per heavy atom. The summed E-state index contributed by atoms with van der Waals surface area (Å²) in [5.74, 6) is 0.133. The molecule has 176 valence electrons. The molecule has 0 aliphatic carbocycles. The fourth-order valence-electron chi connectivity index (χ4n) is 3.59. The van der Waals surface area contributed by atoms with Crippen molar-refractivity contribution in [3.05, 3.63) is 82.3 Å². The quantitative estimate of drug-likeness (QED) is 0.435. The average molecular weight is 560 g/mol. The van der Waals surface area contributed by atoms with Crippen molar-refractivity contribution in [1.29, 1.82) is 0 Å². The van der Waals surface area contributed by atoms with Crippen molar-refractivity contribution in [2.75, 3.05) is 22.8 Å². The summed E-state index contributed by atoms with van der Waals surface area (Å²) in [6.45, 7) is 2.16. The van der Waals surface area contributed by atoms with E-state index in [1.165, 1.54) is 16.4 Å². The molecule has 1 heterocycles. The molecule has 1 amide bonds. The number of halogens is 1. The zero-order chi connectivity index (χ0) is 24.3. The predicted molar refractivity (Wildman–Crippen MR) is 140 cm³/mol. The number of benzene rings is 3.